The first-order valence-corrected chi connectivity index (χ1v) is 6.89. The summed E-state index contributed by atoms with van der Waals surface area (Å²) in [5, 5.41) is 10.6. The molecule has 0 saturated heterocycles. The fourth-order valence-corrected chi connectivity index (χ4v) is 3.48. The van der Waals surface area contributed by atoms with Crippen molar-refractivity contribution in [3.05, 3.63) is 72.8 Å². The number of hydrogen-bond donors (Lipinski definition) is 0. The van der Waals surface area contributed by atoms with Crippen LogP contribution in [0.3, 0.4) is 0 Å². The molecule has 0 aliphatic rings. The number of fused-ring (bicyclic) bond motifs is 3. The lowest BCUT2D eigenvalue weighted by Crippen LogP contribution is -1.86. The van der Waals surface area contributed by atoms with E-state index in [1.54, 1.807) is 0 Å². The summed E-state index contributed by atoms with van der Waals surface area (Å²) in [4.78, 5) is 0. The summed E-state index contributed by atoms with van der Waals surface area (Å²) in [6, 6.07) is 27.3. The zero-order chi connectivity index (χ0) is 13.1. The summed E-state index contributed by atoms with van der Waals surface area (Å²) >= 11 is 0. The SMILES string of the molecule is [c]1ccc2c3ccccc3c3cccc4ccc1c2c43. The van der Waals surface area contributed by atoms with E-state index in [1.165, 1.54) is 43.1 Å². The first-order chi connectivity index (χ1) is 9.93. The summed E-state index contributed by atoms with van der Waals surface area (Å²) in [5.74, 6) is 0. The van der Waals surface area contributed by atoms with Crippen LogP contribution < -0.4 is 0 Å². The molecule has 5 rings (SSSR count). The molecule has 0 aliphatic carbocycles. The van der Waals surface area contributed by atoms with Gasteiger partial charge in [-0.3, -0.25) is 0 Å². The van der Waals surface area contributed by atoms with Gasteiger partial charge in [0.1, 0.15) is 0 Å². The quantitative estimate of drug-likeness (QED) is 0.250. The molecule has 5 aromatic carbocycles. The van der Waals surface area contributed by atoms with Crippen LogP contribution in [0.4, 0.5) is 0 Å². The van der Waals surface area contributed by atoms with Gasteiger partial charge in [0.05, 0.1) is 0 Å². The highest BCUT2D eigenvalue weighted by molar-refractivity contribution is 6.33. The van der Waals surface area contributed by atoms with Crippen LogP contribution in [0, 0.1) is 6.07 Å². The molecule has 1 radical (unpaired) electrons. The summed E-state index contributed by atoms with van der Waals surface area (Å²) in [6.45, 7) is 0. The molecule has 0 aliphatic heterocycles. The van der Waals surface area contributed by atoms with E-state index in [1.807, 2.05) is 6.07 Å². The Morgan fingerprint density at radius 3 is 2.15 bits per heavy atom. The van der Waals surface area contributed by atoms with Gasteiger partial charge < -0.3 is 0 Å². The van der Waals surface area contributed by atoms with Crippen molar-refractivity contribution in [2.24, 2.45) is 0 Å². The number of hydrogen-bond acceptors (Lipinski definition) is 0. The molecule has 0 spiro atoms. The van der Waals surface area contributed by atoms with Gasteiger partial charge in [-0.05, 0) is 49.2 Å². The molecule has 0 bridgehead atoms. The molecule has 0 unspecified atom stereocenters. The van der Waals surface area contributed by atoms with Crippen molar-refractivity contribution in [3.8, 4) is 0 Å². The Bertz CT molecular complexity index is 998. The molecule has 0 fully saturated rings. The summed E-state index contributed by atoms with van der Waals surface area (Å²) in [5.41, 5.74) is 0. The summed E-state index contributed by atoms with van der Waals surface area (Å²) in [7, 11) is 0. The highest BCUT2D eigenvalue weighted by Gasteiger charge is 2.11. The van der Waals surface area contributed by atoms with Gasteiger partial charge in [0.15, 0.2) is 0 Å². The average molecular weight is 251 g/mol. The van der Waals surface area contributed by atoms with Crippen LogP contribution >= 0.6 is 0 Å². The van der Waals surface area contributed by atoms with Gasteiger partial charge in [-0.1, -0.05) is 66.7 Å². The van der Waals surface area contributed by atoms with E-state index in [-0.39, 0.29) is 0 Å². The molecule has 20 heavy (non-hydrogen) atoms. The number of benzene rings is 5. The predicted octanol–water partition coefficient (Wildman–Crippen LogP) is 5.54. The Kier molecular flexibility index (Phi) is 1.78. The molecule has 0 amide bonds. The van der Waals surface area contributed by atoms with Crippen molar-refractivity contribution in [3.63, 3.8) is 0 Å². The minimum absolute atomic E-state index is 1.21. The molecule has 91 valence electrons. The van der Waals surface area contributed by atoms with Crippen molar-refractivity contribution in [2.75, 3.05) is 0 Å². The van der Waals surface area contributed by atoms with Gasteiger partial charge in [0.2, 0.25) is 0 Å². The second-order valence-corrected chi connectivity index (χ2v) is 5.33. The molecule has 0 N–H and O–H groups in total. The van der Waals surface area contributed by atoms with Crippen molar-refractivity contribution in [2.45, 2.75) is 0 Å². The van der Waals surface area contributed by atoms with E-state index in [0.29, 0.717) is 0 Å². The lowest BCUT2D eigenvalue weighted by atomic mass is 9.89. The highest BCUT2D eigenvalue weighted by atomic mass is 14.1. The van der Waals surface area contributed by atoms with Crippen molar-refractivity contribution >= 4 is 43.1 Å². The Labute approximate surface area is 116 Å². The number of rotatable bonds is 0. The maximum absolute atomic E-state index is 3.38. The lowest BCUT2D eigenvalue weighted by molar-refractivity contribution is 1.78. The first-order valence-electron chi connectivity index (χ1n) is 6.89. The third-order valence-electron chi connectivity index (χ3n) is 4.31. The maximum Gasteiger partial charge on any atom is -0.00141 e. The van der Waals surface area contributed by atoms with Gasteiger partial charge in [-0.25, -0.2) is 0 Å². The molecular weight excluding hydrogens is 240 g/mol. The average Bonchev–Trinajstić information content (AvgIpc) is 2.53. The standard InChI is InChI=1S/C20H11/c1-2-8-16-15(7-1)17-9-3-5-13-11-12-14-6-4-10-18(16)20(14)19(13)17/h1-5,7-12H. The Balaban J connectivity index is 2.33. The van der Waals surface area contributed by atoms with Crippen LogP contribution in [-0.2, 0) is 0 Å². The molecule has 0 heterocycles. The van der Waals surface area contributed by atoms with Gasteiger partial charge in [-0.2, -0.15) is 0 Å². The van der Waals surface area contributed by atoms with E-state index < -0.39 is 0 Å². The topological polar surface area (TPSA) is 0 Å². The Hall–Kier alpha value is -2.60. The fourth-order valence-electron chi connectivity index (χ4n) is 3.48. The van der Waals surface area contributed by atoms with Crippen LogP contribution in [0.1, 0.15) is 0 Å². The van der Waals surface area contributed by atoms with Crippen molar-refractivity contribution in [1.29, 1.82) is 0 Å². The van der Waals surface area contributed by atoms with Crippen LogP contribution in [0.5, 0.6) is 0 Å². The maximum atomic E-state index is 3.38. The van der Waals surface area contributed by atoms with Crippen LogP contribution in [0.25, 0.3) is 43.1 Å². The molecule has 0 heteroatoms. The van der Waals surface area contributed by atoms with Crippen molar-refractivity contribution < 1.29 is 0 Å². The smallest absolute Gasteiger partial charge is 0.00141 e. The van der Waals surface area contributed by atoms with Gasteiger partial charge in [0.25, 0.3) is 0 Å². The summed E-state index contributed by atoms with van der Waals surface area (Å²) in [6.07, 6.45) is 0. The van der Waals surface area contributed by atoms with Crippen LogP contribution in [-0.4, -0.2) is 0 Å². The third kappa shape index (κ3) is 1.12. The van der Waals surface area contributed by atoms with Crippen LogP contribution in [0.15, 0.2) is 66.7 Å². The minimum atomic E-state index is 1.21. The van der Waals surface area contributed by atoms with E-state index >= 15 is 0 Å². The van der Waals surface area contributed by atoms with E-state index in [9.17, 15) is 0 Å². The Morgan fingerprint density at radius 1 is 0.550 bits per heavy atom. The second-order valence-electron chi connectivity index (χ2n) is 5.33. The minimum Gasteiger partial charge on any atom is -0.0616 e. The molecule has 0 atom stereocenters. The molecule has 0 nitrogen and oxygen atoms in total. The van der Waals surface area contributed by atoms with Gasteiger partial charge in [-0.15, -0.1) is 0 Å². The highest BCUT2D eigenvalue weighted by Crippen LogP contribution is 2.39. The monoisotopic (exact) mass is 251 g/mol. The van der Waals surface area contributed by atoms with Crippen molar-refractivity contribution in [1.82, 2.24) is 0 Å². The zero-order valence-electron chi connectivity index (χ0n) is 10.9. The first kappa shape index (κ1) is 10.2. The van der Waals surface area contributed by atoms with E-state index in [4.69, 9.17) is 0 Å². The Morgan fingerprint density at radius 2 is 1.30 bits per heavy atom. The van der Waals surface area contributed by atoms with Gasteiger partial charge >= 0.3 is 0 Å². The van der Waals surface area contributed by atoms with Crippen LogP contribution in [0.2, 0.25) is 0 Å². The van der Waals surface area contributed by atoms with E-state index in [0.717, 1.165) is 0 Å². The second kappa shape index (κ2) is 3.49. The van der Waals surface area contributed by atoms with E-state index in [2.05, 4.69) is 66.7 Å². The normalized spacial score (nSPS) is 12.0. The predicted molar refractivity (Wildman–Crippen MR) is 86.5 cm³/mol. The summed E-state index contributed by atoms with van der Waals surface area (Å²) < 4.78 is 0. The molecule has 0 aromatic heterocycles. The molecular formula is C20H11. The third-order valence-corrected chi connectivity index (χ3v) is 4.31. The molecule has 5 aromatic rings. The fraction of sp³-hybridized carbons (Fsp3) is 0. The largest absolute Gasteiger partial charge is 0.0616 e. The van der Waals surface area contributed by atoms with Gasteiger partial charge in [0, 0.05) is 0 Å². The zero-order valence-corrected chi connectivity index (χ0v) is 10.9. The lowest BCUT2D eigenvalue weighted by Gasteiger charge is -2.13. The molecule has 0 saturated carbocycles.